The number of carbonyl (C=O) groups excluding carboxylic acids is 3. The van der Waals surface area contributed by atoms with E-state index in [0.29, 0.717) is 37.1 Å². The van der Waals surface area contributed by atoms with Gasteiger partial charge >= 0.3 is 0 Å². The Morgan fingerprint density at radius 1 is 1.13 bits per heavy atom. The Morgan fingerprint density at radius 3 is 2.22 bits per heavy atom. The molecule has 0 saturated heterocycles. The van der Waals surface area contributed by atoms with Gasteiger partial charge in [-0.2, -0.15) is 0 Å². The number of imide groups is 1. The largest absolute Gasteiger partial charge is 0.356 e. The van der Waals surface area contributed by atoms with Crippen molar-refractivity contribution in [3.63, 3.8) is 0 Å². The molecule has 0 fully saturated rings. The monoisotopic (exact) mass is 317 g/mol. The van der Waals surface area contributed by atoms with E-state index in [9.17, 15) is 14.4 Å². The van der Waals surface area contributed by atoms with Crippen molar-refractivity contribution in [1.29, 1.82) is 0 Å². The molecular formula is C17H23N3O3. The lowest BCUT2D eigenvalue weighted by molar-refractivity contribution is -0.124. The number of unbranched alkanes of at least 4 members (excludes halogenated alkanes) is 1. The van der Waals surface area contributed by atoms with Crippen LogP contribution in [0.25, 0.3) is 0 Å². The first kappa shape index (κ1) is 17.1. The quantitative estimate of drug-likeness (QED) is 0.583. The zero-order valence-electron chi connectivity index (χ0n) is 13.5. The van der Waals surface area contributed by atoms with Crippen LogP contribution >= 0.6 is 0 Å². The zero-order chi connectivity index (χ0) is 17.0. The molecule has 0 aromatic heterocycles. The van der Waals surface area contributed by atoms with Crippen LogP contribution in [0.15, 0.2) is 24.3 Å². The summed E-state index contributed by atoms with van der Waals surface area (Å²) in [4.78, 5) is 37.4. The van der Waals surface area contributed by atoms with Crippen molar-refractivity contribution in [2.45, 2.75) is 32.7 Å². The van der Waals surface area contributed by atoms with E-state index in [2.05, 4.69) is 5.32 Å². The summed E-state index contributed by atoms with van der Waals surface area (Å²) in [5, 5.41) is 2.82. The summed E-state index contributed by atoms with van der Waals surface area (Å²) in [5.74, 6) is -0.771. The van der Waals surface area contributed by atoms with Crippen LogP contribution in [0.1, 0.15) is 47.4 Å². The van der Waals surface area contributed by atoms with Gasteiger partial charge in [-0.05, 0) is 31.9 Å². The molecular weight excluding hydrogens is 294 g/mol. The van der Waals surface area contributed by atoms with Gasteiger partial charge in [-0.1, -0.05) is 19.1 Å². The molecule has 1 aliphatic rings. The summed E-state index contributed by atoms with van der Waals surface area (Å²) >= 11 is 0. The first-order chi connectivity index (χ1) is 10.9. The smallest absolute Gasteiger partial charge is 0.261 e. The minimum absolute atomic E-state index is 0.0688. The highest BCUT2D eigenvalue weighted by Crippen LogP contribution is 2.22. The summed E-state index contributed by atoms with van der Waals surface area (Å²) in [5.41, 5.74) is 6.62. The van der Waals surface area contributed by atoms with E-state index in [-0.39, 0.29) is 29.7 Å². The van der Waals surface area contributed by atoms with E-state index in [1.807, 2.05) is 0 Å². The molecule has 124 valence electrons. The predicted octanol–water partition coefficient (Wildman–Crippen LogP) is 1.16. The van der Waals surface area contributed by atoms with Crippen molar-refractivity contribution >= 4 is 17.7 Å². The number of hydrogen-bond acceptors (Lipinski definition) is 4. The van der Waals surface area contributed by atoms with Crippen LogP contribution in [0.4, 0.5) is 0 Å². The van der Waals surface area contributed by atoms with Crippen molar-refractivity contribution in [2.24, 2.45) is 11.7 Å². The maximum Gasteiger partial charge on any atom is 0.261 e. The van der Waals surface area contributed by atoms with Crippen LogP contribution in [0.3, 0.4) is 0 Å². The van der Waals surface area contributed by atoms with E-state index in [1.165, 1.54) is 4.90 Å². The van der Waals surface area contributed by atoms with Gasteiger partial charge in [-0.25, -0.2) is 0 Å². The Hall–Kier alpha value is -2.21. The highest BCUT2D eigenvalue weighted by Gasteiger charge is 2.34. The minimum Gasteiger partial charge on any atom is -0.356 e. The van der Waals surface area contributed by atoms with Gasteiger partial charge in [-0.3, -0.25) is 19.3 Å². The van der Waals surface area contributed by atoms with Gasteiger partial charge in [0.05, 0.1) is 11.1 Å². The molecule has 0 bridgehead atoms. The lowest BCUT2D eigenvalue weighted by Crippen LogP contribution is -2.39. The summed E-state index contributed by atoms with van der Waals surface area (Å²) in [6, 6.07) is 6.66. The van der Waals surface area contributed by atoms with E-state index < -0.39 is 0 Å². The molecule has 1 aromatic carbocycles. The lowest BCUT2D eigenvalue weighted by atomic mass is 10.0. The van der Waals surface area contributed by atoms with Crippen molar-refractivity contribution in [3.8, 4) is 0 Å². The molecule has 1 aromatic rings. The number of nitrogens with one attached hydrogen (secondary N) is 1. The third-order valence-corrected chi connectivity index (χ3v) is 4.19. The molecule has 23 heavy (non-hydrogen) atoms. The van der Waals surface area contributed by atoms with Crippen molar-refractivity contribution in [1.82, 2.24) is 10.2 Å². The number of rotatable bonds is 7. The average Bonchev–Trinajstić information content (AvgIpc) is 2.78. The average molecular weight is 317 g/mol. The van der Waals surface area contributed by atoms with E-state index >= 15 is 0 Å². The van der Waals surface area contributed by atoms with Crippen LogP contribution < -0.4 is 11.1 Å². The van der Waals surface area contributed by atoms with Crippen molar-refractivity contribution in [2.75, 3.05) is 13.1 Å². The fraction of sp³-hybridized carbons (Fsp3) is 0.471. The highest BCUT2D eigenvalue weighted by atomic mass is 16.2. The van der Waals surface area contributed by atoms with Gasteiger partial charge in [0.2, 0.25) is 5.91 Å². The molecule has 6 heteroatoms. The number of nitrogens with two attached hydrogens (primary N) is 1. The Bertz CT molecular complexity index is 578. The maximum absolute atomic E-state index is 12.2. The third kappa shape index (κ3) is 3.76. The molecule has 1 heterocycles. The first-order valence-corrected chi connectivity index (χ1v) is 7.92. The van der Waals surface area contributed by atoms with Crippen molar-refractivity contribution < 1.29 is 14.4 Å². The molecule has 2 rings (SSSR count). The van der Waals surface area contributed by atoms with Gasteiger partial charge in [-0.15, -0.1) is 0 Å². The molecule has 3 amide bonds. The second-order valence-corrected chi connectivity index (χ2v) is 5.95. The van der Waals surface area contributed by atoms with Crippen LogP contribution in [0, 0.1) is 5.92 Å². The number of carbonyl (C=O) groups is 3. The second kappa shape index (κ2) is 7.37. The first-order valence-electron chi connectivity index (χ1n) is 7.92. The zero-order valence-corrected chi connectivity index (χ0v) is 13.5. The molecule has 0 spiro atoms. The minimum atomic E-state index is -0.236. The molecule has 2 unspecified atom stereocenters. The number of fused-ring (bicyclic) bond motifs is 1. The summed E-state index contributed by atoms with van der Waals surface area (Å²) in [6.45, 7) is 4.47. The fourth-order valence-electron chi connectivity index (χ4n) is 2.45. The Morgan fingerprint density at radius 2 is 1.70 bits per heavy atom. The Labute approximate surface area is 136 Å². The Balaban J connectivity index is 1.75. The van der Waals surface area contributed by atoms with E-state index in [1.54, 1.807) is 38.1 Å². The number of amides is 3. The summed E-state index contributed by atoms with van der Waals surface area (Å²) in [6.07, 6.45) is 1.35. The fourth-order valence-corrected chi connectivity index (χ4v) is 2.45. The number of hydrogen-bond donors (Lipinski definition) is 2. The Kier molecular flexibility index (Phi) is 5.50. The normalized spacial score (nSPS) is 16.2. The summed E-state index contributed by atoms with van der Waals surface area (Å²) < 4.78 is 0. The van der Waals surface area contributed by atoms with Crippen molar-refractivity contribution in [3.05, 3.63) is 35.4 Å². The van der Waals surface area contributed by atoms with Crippen LogP contribution in [-0.4, -0.2) is 41.8 Å². The van der Waals surface area contributed by atoms with Gasteiger partial charge < -0.3 is 11.1 Å². The van der Waals surface area contributed by atoms with Gasteiger partial charge in [0.25, 0.3) is 11.8 Å². The maximum atomic E-state index is 12.2. The molecule has 2 atom stereocenters. The van der Waals surface area contributed by atoms with Gasteiger partial charge in [0.1, 0.15) is 0 Å². The molecule has 0 radical (unpaired) electrons. The van der Waals surface area contributed by atoms with E-state index in [4.69, 9.17) is 5.73 Å². The summed E-state index contributed by atoms with van der Waals surface area (Å²) in [7, 11) is 0. The van der Waals surface area contributed by atoms with Crippen LogP contribution in [0.2, 0.25) is 0 Å². The highest BCUT2D eigenvalue weighted by molar-refractivity contribution is 6.21. The van der Waals surface area contributed by atoms with Crippen LogP contribution in [0.5, 0.6) is 0 Å². The topological polar surface area (TPSA) is 92.5 Å². The van der Waals surface area contributed by atoms with E-state index in [0.717, 1.165) is 0 Å². The molecule has 0 saturated carbocycles. The third-order valence-electron chi connectivity index (χ3n) is 4.19. The standard InChI is InChI=1S/C17H23N3O3/c1-11(12(2)18)15(21)19-9-5-6-10-20-16(22)13-7-3-4-8-14(13)17(20)23/h3-4,7-8,11-12H,5-6,9-10,18H2,1-2H3,(H,19,21). The van der Waals surface area contributed by atoms with Crippen LogP contribution in [-0.2, 0) is 4.79 Å². The SMILES string of the molecule is CC(N)C(C)C(=O)NCCCCN1C(=O)c2ccccc2C1=O. The molecule has 3 N–H and O–H groups in total. The number of benzene rings is 1. The van der Waals surface area contributed by atoms with Gasteiger partial charge in [0, 0.05) is 25.0 Å². The molecule has 0 aliphatic carbocycles. The predicted molar refractivity (Wildman–Crippen MR) is 86.9 cm³/mol. The molecule has 1 aliphatic heterocycles. The lowest BCUT2D eigenvalue weighted by Gasteiger charge is -2.16. The second-order valence-electron chi connectivity index (χ2n) is 5.95. The van der Waals surface area contributed by atoms with Gasteiger partial charge in [0.15, 0.2) is 0 Å². The molecule has 6 nitrogen and oxygen atoms in total. The number of nitrogens with zero attached hydrogens (tertiary/aromatic N) is 1.